The number of β-amino-alcohol motifs (C(OH)–C–C–N with tert-alkyl or cyclic N) is 1. The van der Waals surface area contributed by atoms with Gasteiger partial charge in [0.25, 0.3) is 0 Å². The minimum atomic E-state index is -0.720. The quantitative estimate of drug-likeness (QED) is 0.743. The van der Waals surface area contributed by atoms with Gasteiger partial charge in [0.1, 0.15) is 0 Å². The lowest BCUT2D eigenvalue weighted by molar-refractivity contribution is -0.138. The molecule has 1 saturated heterocycles. The van der Waals surface area contributed by atoms with Crippen molar-refractivity contribution in [2.24, 2.45) is 0 Å². The number of carbonyl (C=O) groups is 2. The second kappa shape index (κ2) is 6.00. The van der Waals surface area contributed by atoms with Crippen molar-refractivity contribution in [3.8, 4) is 0 Å². The molecule has 1 heterocycles. The fraction of sp³-hybridized carbons (Fsp3) is 0.833. The van der Waals surface area contributed by atoms with Crippen LogP contribution in [0, 0.1) is 0 Å². The molecule has 0 saturated carbocycles. The highest BCUT2D eigenvalue weighted by Gasteiger charge is 2.33. The summed E-state index contributed by atoms with van der Waals surface area (Å²) < 4.78 is 0. The molecular weight excluding hydrogens is 220 g/mol. The van der Waals surface area contributed by atoms with Gasteiger partial charge in [-0.05, 0) is 19.3 Å². The minimum absolute atomic E-state index is 0.00493. The first-order chi connectivity index (χ1) is 7.97. The van der Waals surface area contributed by atoms with Crippen LogP contribution in [0.15, 0.2) is 0 Å². The van der Waals surface area contributed by atoms with E-state index in [4.69, 9.17) is 0 Å². The number of carbonyl (C=O) groups excluding carboxylic acids is 2. The zero-order valence-corrected chi connectivity index (χ0v) is 10.7. The van der Waals surface area contributed by atoms with Crippen molar-refractivity contribution < 1.29 is 14.7 Å². The molecule has 2 N–H and O–H groups in total. The summed E-state index contributed by atoms with van der Waals surface area (Å²) >= 11 is 0. The Morgan fingerprint density at radius 2 is 2.18 bits per heavy atom. The van der Waals surface area contributed by atoms with Crippen LogP contribution < -0.4 is 5.32 Å². The molecule has 5 heteroatoms. The van der Waals surface area contributed by atoms with Crippen LogP contribution in [0.1, 0.15) is 39.5 Å². The van der Waals surface area contributed by atoms with E-state index >= 15 is 0 Å². The minimum Gasteiger partial charge on any atom is -0.388 e. The van der Waals surface area contributed by atoms with Gasteiger partial charge in [-0.3, -0.25) is 9.59 Å². The van der Waals surface area contributed by atoms with E-state index in [-0.39, 0.29) is 11.8 Å². The van der Waals surface area contributed by atoms with Crippen LogP contribution in [0.5, 0.6) is 0 Å². The van der Waals surface area contributed by atoms with Crippen LogP contribution in [0.3, 0.4) is 0 Å². The molecular formula is C12H22N2O3. The fourth-order valence-electron chi connectivity index (χ4n) is 2.12. The molecule has 0 aromatic heterocycles. The van der Waals surface area contributed by atoms with Crippen LogP contribution in [0.4, 0.5) is 0 Å². The average Bonchev–Trinajstić information content (AvgIpc) is 2.28. The van der Waals surface area contributed by atoms with Crippen LogP contribution in [-0.2, 0) is 9.59 Å². The Balaban J connectivity index is 2.38. The zero-order chi connectivity index (χ0) is 12.9. The first-order valence-corrected chi connectivity index (χ1v) is 6.21. The number of aliphatic hydroxyl groups is 1. The number of amides is 2. The lowest BCUT2D eigenvalue weighted by Crippen LogP contribution is -2.50. The molecule has 1 aliphatic rings. The van der Waals surface area contributed by atoms with E-state index in [0.717, 1.165) is 12.8 Å². The number of rotatable bonds is 4. The highest BCUT2D eigenvalue weighted by atomic mass is 16.3. The summed E-state index contributed by atoms with van der Waals surface area (Å²) in [6.07, 6.45) is 2.58. The molecule has 1 aliphatic heterocycles. The maximum absolute atomic E-state index is 11.8. The third-order valence-electron chi connectivity index (χ3n) is 3.28. The highest BCUT2D eigenvalue weighted by molar-refractivity contribution is 5.78. The maximum Gasteiger partial charge on any atom is 0.224 e. The van der Waals surface area contributed by atoms with Gasteiger partial charge in [-0.25, -0.2) is 0 Å². The van der Waals surface area contributed by atoms with E-state index in [1.54, 1.807) is 4.90 Å². The molecule has 0 radical (unpaired) electrons. The van der Waals surface area contributed by atoms with Gasteiger partial charge in [0.15, 0.2) is 0 Å². The standard InChI is InChI=1S/C12H22N2O3/c1-3-12(17)6-4-8-14(9-12)11(16)5-7-13-10(2)15/h17H,3-9H2,1-2H3,(H,13,15)/t12-/m1/s1. The van der Waals surface area contributed by atoms with E-state index in [1.165, 1.54) is 6.92 Å². The van der Waals surface area contributed by atoms with Crippen molar-refractivity contribution in [2.75, 3.05) is 19.6 Å². The topological polar surface area (TPSA) is 69.6 Å². The van der Waals surface area contributed by atoms with Crippen molar-refractivity contribution in [3.05, 3.63) is 0 Å². The molecule has 0 aromatic carbocycles. The summed E-state index contributed by atoms with van der Waals surface area (Å²) in [5, 5.41) is 12.8. The van der Waals surface area contributed by atoms with Gasteiger partial charge in [0, 0.05) is 33.0 Å². The number of likely N-dealkylation sites (tertiary alicyclic amines) is 1. The molecule has 5 nitrogen and oxygen atoms in total. The maximum atomic E-state index is 11.8. The Morgan fingerprint density at radius 3 is 2.76 bits per heavy atom. The molecule has 2 amide bonds. The van der Waals surface area contributed by atoms with Gasteiger partial charge in [-0.1, -0.05) is 6.92 Å². The van der Waals surface area contributed by atoms with Gasteiger partial charge in [-0.2, -0.15) is 0 Å². The average molecular weight is 242 g/mol. The summed E-state index contributed by atoms with van der Waals surface area (Å²) in [4.78, 5) is 24.2. The Kier molecular flexibility index (Phi) is 4.93. The lowest BCUT2D eigenvalue weighted by Gasteiger charge is -2.38. The fourth-order valence-corrected chi connectivity index (χ4v) is 2.12. The van der Waals surface area contributed by atoms with E-state index < -0.39 is 5.60 Å². The van der Waals surface area contributed by atoms with E-state index in [0.29, 0.717) is 32.5 Å². The number of nitrogens with one attached hydrogen (secondary N) is 1. The Labute approximate surface area is 102 Å². The first-order valence-electron chi connectivity index (χ1n) is 6.21. The van der Waals surface area contributed by atoms with E-state index in [1.807, 2.05) is 6.92 Å². The van der Waals surface area contributed by atoms with E-state index in [9.17, 15) is 14.7 Å². The second-order valence-corrected chi connectivity index (χ2v) is 4.73. The molecule has 0 aliphatic carbocycles. The lowest BCUT2D eigenvalue weighted by atomic mass is 9.90. The largest absolute Gasteiger partial charge is 0.388 e. The summed E-state index contributed by atoms with van der Waals surface area (Å²) in [5.41, 5.74) is -0.720. The smallest absolute Gasteiger partial charge is 0.224 e. The predicted octanol–water partition coefficient (Wildman–Crippen LogP) is 0.276. The molecule has 1 fully saturated rings. The zero-order valence-electron chi connectivity index (χ0n) is 10.7. The Bertz CT molecular complexity index is 293. The van der Waals surface area contributed by atoms with Crippen LogP contribution in [0.25, 0.3) is 0 Å². The van der Waals surface area contributed by atoms with Gasteiger partial charge >= 0.3 is 0 Å². The monoisotopic (exact) mass is 242 g/mol. The van der Waals surface area contributed by atoms with Gasteiger partial charge in [0.05, 0.1) is 5.60 Å². The summed E-state index contributed by atoms with van der Waals surface area (Å²) in [5.74, 6) is -0.119. The summed E-state index contributed by atoms with van der Waals surface area (Å²) in [6, 6.07) is 0. The number of hydrogen-bond acceptors (Lipinski definition) is 3. The molecule has 1 rings (SSSR count). The van der Waals surface area contributed by atoms with Gasteiger partial charge < -0.3 is 15.3 Å². The highest BCUT2D eigenvalue weighted by Crippen LogP contribution is 2.24. The summed E-state index contributed by atoms with van der Waals surface area (Å²) in [7, 11) is 0. The number of hydrogen-bond donors (Lipinski definition) is 2. The first kappa shape index (κ1) is 14.0. The number of nitrogens with zero attached hydrogens (tertiary/aromatic N) is 1. The van der Waals surface area contributed by atoms with Crippen molar-refractivity contribution in [2.45, 2.75) is 45.1 Å². The van der Waals surface area contributed by atoms with Crippen molar-refractivity contribution in [1.82, 2.24) is 10.2 Å². The van der Waals surface area contributed by atoms with Crippen molar-refractivity contribution >= 4 is 11.8 Å². The van der Waals surface area contributed by atoms with Gasteiger partial charge in [-0.15, -0.1) is 0 Å². The molecule has 0 spiro atoms. The second-order valence-electron chi connectivity index (χ2n) is 4.73. The van der Waals surface area contributed by atoms with Crippen molar-refractivity contribution in [1.29, 1.82) is 0 Å². The molecule has 0 aromatic rings. The van der Waals surface area contributed by atoms with Crippen molar-refractivity contribution in [3.63, 3.8) is 0 Å². The Hall–Kier alpha value is -1.10. The SMILES string of the molecule is CC[C@@]1(O)CCCN(C(=O)CCNC(C)=O)C1. The molecule has 17 heavy (non-hydrogen) atoms. The number of piperidine rings is 1. The Morgan fingerprint density at radius 1 is 1.47 bits per heavy atom. The molecule has 0 unspecified atom stereocenters. The third kappa shape index (κ3) is 4.34. The normalized spacial score (nSPS) is 24.5. The third-order valence-corrected chi connectivity index (χ3v) is 3.28. The van der Waals surface area contributed by atoms with Crippen LogP contribution in [0.2, 0.25) is 0 Å². The molecule has 1 atom stereocenters. The van der Waals surface area contributed by atoms with Gasteiger partial charge in [0.2, 0.25) is 11.8 Å². The molecule has 98 valence electrons. The molecule has 0 bridgehead atoms. The predicted molar refractivity (Wildman–Crippen MR) is 64.4 cm³/mol. The summed E-state index contributed by atoms with van der Waals surface area (Å²) in [6.45, 7) is 4.87. The van der Waals surface area contributed by atoms with Crippen LogP contribution >= 0.6 is 0 Å². The van der Waals surface area contributed by atoms with E-state index in [2.05, 4.69) is 5.32 Å². The van der Waals surface area contributed by atoms with Crippen LogP contribution in [-0.4, -0.2) is 47.1 Å².